The largest absolute Gasteiger partial charge is 0.290 e. The maximum absolute atomic E-state index is 4.92. The molecule has 6 aromatic rings. The van der Waals surface area contributed by atoms with Gasteiger partial charge in [-0.2, -0.15) is 0 Å². The predicted molar refractivity (Wildman–Crippen MR) is 125 cm³/mol. The molecule has 0 saturated heterocycles. The second kappa shape index (κ2) is 6.65. The standard InChI is InChI=1S/C24H15N3S2/c1-2-7-17(8-3-1)22-19(27-14-15-28-24(27)26-22)11-13-21-25-23-18-9-5-4-6-16(18)10-12-20(23)29-21/h1-15H/b13-11+. The predicted octanol–water partition coefficient (Wildman–Crippen LogP) is 7.00. The highest BCUT2D eigenvalue weighted by molar-refractivity contribution is 7.19. The molecule has 0 bridgehead atoms. The second-order valence-corrected chi connectivity index (χ2v) is 8.72. The van der Waals surface area contributed by atoms with E-state index >= 15 is 0 Å². The van der Waals surface area contributed by atoms with E-state index in [0.717, 1.165) is 32.4 Å². The molecule has 0 amide bonds. The van der Waals surface area contributed by atoms with Crippen molar-refractivity contribution in [3.8, 4) is 11.3 Å². The first kappa shape index (κ1) is 16.7. The molecule has 0 radical (unpaired) electrons. The van der Waals surface area contributed by atoms with Crippen molar-refractivity contribution in [3.05, 3.63) is 89.0 Å². The molecule has 3 heterocycles. The summed E-state index contributed by atoms with van der Waals surface area (Å²) >= 11 is 3.37. The van der Waals surface area contributed by atoms with Gasteiger partial charge in [-0.3, -0.25) is 4.40 Å². The first-order chi connectivity index (χ1) is 14.4. The number of benzene rings is 3. The number of hydrogen-bond donors (Lipinski definition) is 0. The Labute approximate surface area is 175 Å². The lowest BCUT2D eigenvalue weighted by Crippen LogP contribution is -1.85. The average molecular weight is 410 g/mol. The van der Waals surface area contributed by atoms with Crippen molar-refractivity contribution in [1.29, 1.82) is 0 Å². The van der Waals surface area contributed by atoms with Gasteiger partial charge >= 0.3 is 0 Å². The number of fused-ring (bicyclic) bond motifs is 4. The first-order valence-electron chi connectivity index (χ1n) is 9.34. The van der Waals surface area contributed by atoms with Crippen molar-refractivity contribution >= 4 is 60.8 Å². The van der Waals surface area contributed by atoms with Crippen LogP contribution < -0.4 is 0 Å². The third-order valence-corrected chi connectivity index (χ3v) is 6.77. The van der Waals surface area contributed by atoms with E-state index in [1.54, 1.807) is 22.7 Å². The minimum Gasteiger partial charge on any atom is -0.290 e. The lowest BCUT2D eigenvalue weighted by Gasteiger charge is -1.99. The molecule has 0 aliphatic rings. The average Bonchev–Trinajstić information content (AvgIpc) is 3.47. The highest BCUT2D eigenvalue weighted by atomic mass is 32.1. The van der Waals surface area contributed by atoms with Crippen LogP contribution in [-0.2, 0) is 0 Å². The van der Waals surface area contributed by atoms with Crippen LogP contribution in [0.2, 0.25) is 0 Å². The van der Waals surface area contributed by atoms with Gasteiger partial charge in [0, 0.05) is 22.5 Å². The minimum atomic E-state index is 0.999. The van der Waals surface area contributed by atoms with E-state index < -0.39 is 0 Å². The van der Waals surface area contributed by atoms with E-state index in [4.69, 9.17) is 9.97 Å². The van der Waals surface area contributed by atoms with Crippen molar-refractivity contribution in [2.24, 2.45) is 0 Å². The van der Waals surface area contributed by atoms with Crippen LogP contribution in [0.3, 0.4) is 0 Å². The normalized spacial score (nSPS) is 12.0. The zero-order valence-corrected chi connectivity index (χ0v) is 17.0. The van der Waals surface area contributed by atoms with Crippen LogP contribution in [0.1, 0.15) is 10.7 Å². The molecule has 0 aliphatic carbocycles. The molecule has 6 rings (SSSR count). The molecular formula is C24H15N3S2. The molecule has 3 aromatic carbocycles. The fraction of sp³-hybridized carbons (Fsp3) is 0. The summed E-state index contributed by atoms with van der Waals surface area (Å²) in [7, 11) is 0. The van der Waals surface area contributed by atoms with Gasteiger partial charge in [-0.15, -0.1) is 22.7 Å². The van der Waals surface area contributed by atoms with Crippen LogP contribution in [-0.4, -0.2) is 14.4 Å². The van der Waals surface area contributed by atoms with Gasteiger partial charge in [0.05, 0.1) is 21.6 Å². The lowest BCUT2D eigenvalue weighted by molar-refractivity contribution is 1.21. The van der Waals surface area contributed by atoms with E-state index in [9.17, 15) is 0 Å². The molecular weight excluding hydrogens is 394 g/mol. The van der Waals surface area contributed by atoms with Crippen LogP contribution in [0.15, 0.2) is 78.3 Å². The topological polar surface area (TPSA) is 30.2 Å². The van der Waals surface area contributed by atoms with E-state index in [1.165, 1.54) is 15.5 Å². The van der Waals surface area contributed by atoms with E-state index in [2.05, 4.69) is 88.8 Å². The fourth-order valence-corrected chi connectivity index (χ4v) is 5.28. The molecule has 0 saturated carbocycles. The maximum Gasteiger partial charge on any atom is 0.194 e. The zero-order chi connectivity index (χ0) is 19.2. The Morgan fingerprint density at radius 3 is 2.62 bits per heavy atom. The number of hydrogen-bond acceptors (Lipinski definition) is 4. The van der Waals surface area contributed by atoms with E-state index in [-0.39, 0.29) is 0 Å². The number of imidazole rings is 1. The van der Waals surface area contributed by atoms with E-state index in [0.29, 0.717) is 0 Å². The summed E-state index contributed by atoms with van der Waals surface area (Å²) < 4.78 is 3.35. The van der Waals surface area contributed by atoms with Gasteiger partial charge in [0.2, 0.25) is 0 Å². The van der Waals surface area contributed by atoms with Gasteiger partial charge in [0.1, 0.15) is 5.01 Å². The van der Waals surface area contributed by atoms with Gasteiger partial charge < -0.3 is 0 Å². The number of aromatic nitrogens is 3. The third-order valence-electron chi connectivity index (χ3n) is 5.03. The van der Waals surface area contributed by atoms with Crippen LogP contribution in [0.4, 0.5) is 0 Å². The Bertz CT molecular complexity index is 1500. The highest BCUT2D eigenvalue weighted by Crippen LogP contribution is 2.32. The van der Waals surface area contributed by atoms with Crippen LogP contribution in [0.5, 0.6) is 0 Å². The quantitative estimate of drug-likeness (QED) is 0.315. The second-order valence-electron chi connectivity index (χ2n) is 6.79. The smallest absolute Gasteiger partial charge is 0.194 e. The van der Waals surface area contributed by atoms with Crippen molar-refractivity contribution in [3.63, 3.8) is 0 Å². The minimum absolute atomic E-state index is 0.999. The maximum atomic E-state index is 4.92. The summed E-state index contributed by atoms with van der Waals surface area (Å²) in [5.41, 5.74) is 4.28. The molecule has 3 aromatic heterocycles. The summed E-state index contributed by atoms with van der Waals surface area (Å²) in [5, 5.41) is 5.50. The summed E-state index contributed by atoms with van der Waals surface area (Å²) in [6.07, 6.45) is 6.31. The molecule has 138 valence electrons. The Morgan fingerprint density at radius 1 is 0.828 bits per heavy atom. The fourth-order valence-electron chi connectivity index (χ4n) is 3.67. The van der Waals surface area contributed by atoms with Gasteiger partial charge in [-0.25, -0.2) is 9.97 Å². The van der Waals surface area contributed by atoms with E-state index in [1.807, 2.05) is 6.07 Å². The molecule has 5 heteroatoms. The molecule has 0 fully saturated rings. The Morgan fingerprint density at radius 2 is 1.69 bits per heavy atom. The molecule has 0 N–H and O–H groups in total. The van der Waals surface area contributed by atoms with Crippen molar-refractivity contribution in [2.45, 2.75) is 0 Å². The Kier molecular flexibility index (Phi) is 3.82. The molecule has 3 nitrogen and oxygen atoms in total. The van der Waals surface area contributed by atoms with Gasteiger partial charge in [0.25, 0.3) is 0 Å². The lowest BCUT2D eigenvalue weighted by atomic mass is 10.1. The van der Waals surface area contributed by atoms with Gasteiger partial charge in [0.15, 0.2) is 4.96 Å². The summed E-state index contributed by atoms with van der Waals surface area (Å²) in [4.78, 5) is 10.8. The van der Waals surface area contributed by atoms with Gasteiger partial charge in [-0.05, 0) is 23.6 Å². The third kappa shape index (κ3) is 2.78. The molecule has 0 spiro atoms. The van der Waals surface area contributed by atoms with Crippen LogP contribution in [0, 0.1) is 0 Å². The molecule has 0 unspecified atom stereocenters. The Balaban J connectivity index is 1.48. The monoisotopic (exact) mass is 409 g/mol. The summed E-state index contributed by atoms with van der Waals surface area (Å²) in [6.45, 7) is 0. The van der Waals surface area contributed by atoms with Crippen molar-refractivity contribution in [1.82, 2.24) is 14.4 Å². The molecule has 0 atom stereocenters. The Hall–Kier alpha value is -3.28. The highest BCUT2D eigenvalue weighted by Gasteiger charge is 2.13. The summed E-state index contributed by atoms with van der Waals surface area (Å²) in [5.74, 6) is 0. The SMILES string of the molecule is C(=C\c1c(-c2ccccc2)nc2sccn12)/c1nc2c(ccc3ccccc32)s1. The zero-order valence-electron chi connectivity index (χ0n) is 15.3. The van der Waals surface area contributed by atoms with Crippen LogP contribution in [0.25, 0.3) is 49.4 Å². The molecule has 0 aliphatic heterocycles. The number of rotatable bonds is 3. The first-order valence-corrected chi connectivity index (χ1v) is 11.0. The number of thiazole rings is 2. The van der Waals surface area contributed by atoms with Crippen LogP contribution >= 0.6 is 22.7 Å². The number of nitrogens with zero attached hydrogens (tertiary/aromatic N) is 3. The van der Waals surface area contributed by atoms with Crippen molar-refractivity contribution < 1.29 is 0 Å². The van der Waals surface area contributed by atoms with Gasteiger partial charge in [-0.1, -0.05) is 60.7 Å². The summed E-state index contributed by atoms with van der Waals surface area (Å²) in [6, 6.07) is 23.1. The van der Waals surface area contributed by atoms with Crippen molar-refractivity contribution in [2.75, 3.05) is 0 Å². The molecule has 29 heavy (non-hydrogen) atoms.